The van der Waals surface area contributed by atoms with Gasteiger partial charge in [0.2, 0.25) is 0 Å². The van der Waals surface area contributed by atoms with Gasteiger partial charge >= 0.3 is 0 Å². The normalized spacial score (nSPS) is 16.6. The molecule has 3 rings (SSSR count). The molecule has 1 aliphatic rings. The van der Waals surface area contributed by atoms with Crippen LogP contribution in [0.15, 0.2) is 30.3 Å². The predicted molar refractivity (Wildman–Crippen MR) is 76.0 cm³/mol. The molecule has 0 bridgehead atoms. The molecule has 20 heavy (non-hydrogen) atoms. The molecule has 0 unspecified atom stereocenters. The van der Waals surface area contributed by atoms with Gasteiger partial charge in [-0.3, -0.25) is 4.79 Å². The molecule has 0 spiro atoms. The zero-order chi connectivity index (χ0) is 14.1. The van der Waals surface area contributed by atoms with Crippen molar-refractivity contribution in [2.24, 2.45) is 5.92 Å². The molecule has 104 valence electrons. The number of benzene rings is 1. The first-order valence-corrected chi connectivity index (χ1v) is 6.99. The number of rotatable bonds is 1. The number of halogens is 1. The number of carbonyl (C=O) groups is 1. The number of nitrogens with zero attached hydrogens (tertiary/aromatic N) is 2. The lowest BCUT2D eigenvalue weighted by Crippen LogP contribution is -2.38. The van der Waals surface area contributed by atoms with Gasteiger partial charge in [0.05, 0.1) is 5.52 Å². The Kier molecular flexibility index (Phi) is 3.38. The second-order valence-electron chi connectivity index (χ2n) is 5.51. The number of amides is 1. The van der Waals surface area contributed by atoms with E-state index in [9.17, 15) is 9.18 Å². The maximum atomic E-state index is 13.1. The van der Waals surface area contributed by atoms with E-state index in [1.54, 1.807) is 18.2 Å². The minimum absolute atomic E-state index is 0.0249. The molecule has 0 radical (unpaired) electrons. The monoisotopic (exact) mass is 272 g/mol. The van der Waals surface area contributed by atoms with Crippen LogP contribution in [0.2, 0.25) is 0 Å². The summed E-state index contributed by atoms with van der Waals surface area (Å²) in [5.74, 6) is 0.373. The molecule has 1 amide bonds. The van der Waals surface area contributed by atoms with Crippen molar-refractivity contribution >= 4 is 16.8 Å². The second kappa shape index (κ2) is 5.19. The molecule has 0 saturated carbocycles. The number of aromatic nitrogens is 1. The molecular weight excluding hydrogens is 255 g/mol. The van der Waals surface area contributed by atoms with Crippen molar-refractivity contribution in [3.05, 3.63) is 41.8 Å². The third kappa shape index (κ3) is 2.50. The van der Waals surface area contributed by atoms with E-state index in [2.05, 4.69) is 11.9 Å². The van der Waals surface area contributed by atoms with E-state index in [0.717, 1.165) is 25.9 Å². The van der Waals surface area contributed by atoms with E-state index >= 15 is 0 Å². The fourth-order valence-electron chi connectivity index (χ4n) is 2.59. The van der Waals surface area contributed by atoms with Crippen LogP contribution in [-0.2, 0) is 0 Å². The summed E-state index contributed by atoms with van der Waals surface area (Å²) < 4.78 is 13.1. The van der Waals surface area contributed by atoms with Crippen LogP contribution in [0, 0.1) is 11.7 Å². The number of hydrogen-bond donors (Lipinski definition) is 0. The topological polar surface area (TPSA) is 33.2 Å². The third-order valence-corrected chi connectivity index (χ3v) is 3.94. The highest BCUT2D eigenvalue weighted by atomic mass is 19.1. The Balaban J connectivity index is 1.86. The van der Waals surface area contributed by atoms with Crippen LogP contribution in [0.5, 0.6) is 0 Å². The second-order valence-corrected chi connectivity index (χ2v) is 5.51. The largest absolute Gasteiger partial charge is 0.337 e. The Morgan fingerprint density at radius 1 is 1.25 bits per heavy atom. The van der Waals surface area contributed by atoms with E-state index in [1.165, 1.54) is 12.1 Å². The first kappa shape index (κ1) is 13.0. The average molecular weight is 272 g/mol. The summed E-state index contributed by atoms with van der Waals surface area (Å²) in [5.41, 5.74) is 1.10. The van der Waals surface area contributed by atoms with Gasteiger partial charge in [0.25, 0.3) is 5.91 Å². The van der Waals surface area contributed by atoms with Gasteiger partial charge in [-0.1, -0.05) is 13.0 Å². The van der Waals surface area contributed by atoms with Gasteiger partial charge in [-0.2, -0.15) is 0 Å². The zero-order valence-corrected chi connectivity index (χ0v) is 11.5. The number of hydrogen-bond acceptors (Lipinski definition) is 2. The summed E-state index contributed by atoms with van der Waals surface area (Å²) in [5, 5.41) is 0.716. The summed E-state index contributed by atoms with van der Waals surface area (Å²) in [6, 6.07) is 7.85. The summed E-state index contributed by atoms with van der Waals surface area (Å²) in [7, 11) is 0. The number of piperidine rings is 1. The first-order chi connectivity index (χ1) is 9.63. The Morgan fingerprint density at radius 2 is 2.00 bits per heavy atom. The number of fused-ring (bicyclic) bond motifs is 1. The molecule has 4 heteroatoms. The van der Waals surface area contributed by atoms with Gasteiger partial charge in [-0.15, -0.1) is 0 Å². The van der Waals surface area contributed by atoms with Crippen LogP contribution >= 0.6 is 0 Å². The van der Waals surface area contributed by atoms with E-state index in [4.69, 9.17) is 0 Å². The van der Waals surface area contributed by atoms with Crippen LogP contribution < -0.4 is 0 Å². The average Bonchev–Trinajstić information content (AvgIpc) is 2.47. The van der Waals surface area contributed by atoms with Gasteiger partial charge in [0.1, 0.15) is 11.5 Å². The van der Waals surface area contributed by atoms with Crippen molar-refractivity contribution in [3.63, 3.8) is 0 Å². The van der Waals surface area contributed by atoms with Gasteiger partial charge in [-0.05, 0) is 43.0 Å². The zero-order valence-electron chi connectivity index (χ0n) is 11.5. The number of likely N-dealkylation sites (tertiary alicyclic amines) is 1. The minimum atomic E-state index is -0.289. The fraction of sp³-hybridized carbons (Fsp3) is 0.375. The Labute approximate surface area is 117 Å². The smallest absolute Gasteiger partial charge is 0.272 e. The van der Waals surface area contributed by atoms with Crippen LogP contribution in [0.1, 0.15) is 30.3 Å². The lowest BCUT2D eigenvalue weighted by molar-refractivity contribution is 0.0691. The molecule has 3 nitrogen and oxygen atoms in total. The van der Waals surface area contributed by atoms with Gasteiger partial charge < -0.3 is 4.90 Å². The molecule has 0 aliphatic carbocycles. The van der Waals surface area contributed by atoms with E-state index in [1.807, 2.05) is 4.90 Å². The van der Waals surface area contributed by atoms with Crippen LogP contribution in [0.25, 0.3) is 10.9 Å². The Hall–Kier alpha value is -1.97. The molecule has 1 aromatic carbocycles. The van der Waals surface area contributed by atoms with Crippen molar-refractivity contribution in [3.8, 4) is 0 Å². The highest BCUT2D eigenvalue weighted by Gasteiger charge is 2.22. The number of pyridine rings is 1. The van der Waals surface area contributed by atoms with Crippen molar-refractivity contribution in [2.75, 3.05) is 13.1 Å². The maximum Gasteiger partial charge on any atom is 0.272 e. The molecule has 1 aromatic heterocycles. The molecule has 1 aliphatic heterocycles. The lowest BCUT2D eigenvalue weighted by Gasteiger charge is -2.30. The summed E-state index contributed by atoms with van der Waals surface area (Å²) in [6.45, 7) is 3.80. The van der Waals surface area contributed by atoms with Crippen molar-refractivity contribution in [2.45, 2.75) is 19.8 Å². The van der Waals surface area contributed by atoms with Crippen LogP contribution in [0.4, 0.5) is 4.39 Å². The molecule has 2 aromatic rings. The maximum absolute atomic E-state index is 13.1. The van der Waals surface area contributed by atoms with Crippen LogP contribution in [-0.4, -0.2) is 28.9 Å². The van der Waals surface area contributed by atoms with Crippen molar-refractivity contribution in [1.29, 1.82) is 0 Å². The highest BCUT2D eigenvalue weighted by molar-refractivity contribution is 5.95. The highest BCUT2D eigenvalue weighted by Crippen LogP contribution is 2.19. The molecule has 2 heterocycles. The SMILES string of the molecule is CC1CCN(C(=O)c2ccc3cc(F)ccc3n2)CC1. The Bertz CT molecular complexity index is 648. The minimum Gasteiger partial charge on any atom is -0.337 e. The summed E-state index contributed by atoms with van der Waals surface area (Å²) >= 11 is 0. The quantitative estimate of drug-likeness (QED) is 0.798. The van der Waals surface area contributed by atoms with Gasteiger partial charge in [0.15, 0.2) is 0 Å². The predicted octanol–water partition coefficient (Wildman–Crippen LogP) is 3.25. The fourth-order valence-corrected chi connectivity index (χ4v) is 2.59. The molecule has 1 saturated heterocycles. The van der Waals surface area contributed by atoms with Crippen molar-refractivity contribution < 1.29 is 9.18 Å². The van der Waals surface area contributed by atoms with Crippen molar-refractivity contribution in [1.82, 2.24) is 9.88 Å². The first-order valence-electron chi connectivity index (χ1n) is 6.99. The van der Waals surface area contributed by atoms with Crippen LogP contribution in [0.3, 0.4) is 0 Å². The summed E-state index contributed by atoms with van der Waals surface area (Å²) in [4.78, 5) is 18.6. The third-order valence-electron chi connectivity index (χ3n) is 3.94. The molecular formula is C16H17FN2O. The van der Waals surface area contributed by atoms with Gasteiger partial charge in [-0.25, -0.2) is 9.37 Å². The molecule has 1 fully saturated rings. The number of carbonyl (C=O) groups excluding carboxylic acids is 1. The van der Waals surface area contributed by atoms with E-state index in [0.29, 0.717) is 22.5 Å². The van der Waals surface area contributed by atoms with E-state index < -0.39 is 0 Å². The molecule has 0 atom stereocenters. The summed E-state index contributed by atoms with van der Waals surface area (Å²) in [6.07, 6.45) is 2.09. The lowest BCUT2D eigenvalue weighted by atomic mass is 9.99. The van der Waals surface area contributed by atoms with E-state index in [-0.39, 0.29) is 11.7 Å². The Morgan fingerprint density at radius 3 is 2.75 bits per heavy atom. The van der Waals surface area contributed by atoms with Gasteiger partial charge in [0, 0.05) is 18.5 Å². The molecule has 0 N–H and O–H groups in total. The standard InChI is InChI=1S/C16H17FN2O/c1-11-6-8-19(9-7-11)16(20)15-4-2-12-10-13(17)3-5-14(12)18-15/h2-5,10-11H,6-9H2,1H3.